The van der Waals surface area contributed by atoms with Crippen molar-refractivity contribution in [1.29, 1.82) is 0 Å². The molecular formula is C16H25N3O. The second kappa shape index (κ2) is 6.75. The van der Waals surface area contributed by atoms with Gasteiger partial charge in [-0.25, -0.2) is 0 Å². The Hall–Kier alpha value is -1.55. The number of aryl methyl sites for hydroxylation is 1. The minimum absolute atomic E-state index is 0.0246. The molecule has 110 valence electrons. The fraction of sp³-hybridized carbons (Fsp3) is 0.562. The van der Waals surface area contributed by atoms with E-state index in [0.29, 0.717) is 17.3 Å². The molecular weight excluding hydrogens is 250 g/mol. The molecule has 1 aromatic rings. The zero-order chi connectivity index (χ0) is 14.5. The van der Waals surface area contributed by atoms with Gasteiger partial charge in [-0.15, -0.1) is 0 Å². The predicted octanol–water partition coefficient (Wildman–Crippen LogP) is 2.98. The molecule has 1 aliphatic carbocycles. The molecule has 2 atom stereocenters. The van der Waals surface area contributed by atoms with Gasteiger partial charge in [-0.1, -0.05) is 37.8 Å². The maximum absolute atomic E-state index is 12.4. The Morgan fingerprint density at radius 2 is 2.20 bits per heavy atom. The molecule has 0 radical (unpaired) electrons. The molecule has 4 nitrogen and oxygen atoms in total. The summed E-state index contributed by atoms with van der Waals surface area (Å²) < 4.78 is 0. The minimum atomic E-state index is -0.0246. The highest BCUT2D eigenvalue weighted by atomic mass is 16.1. The minimum Gasteiger partial charge on any atom is -0.349 e. The fourth-order valence-electron chi connectivity index (χ4n) is 3.03. The first-order valence-electron chi connectivity index (χ1n) is 7.52. The molecule has 1 aliphatic rings. The molecule has 1 amide bonds. The van der Waals surface area contributed by atoms with Gasteiger partial charge in [0, 0.05) is 6.04 Å². The van der Waals surface area contributed by atoms with Gasteiger partial charge < -0.3 is 10.7 Å². The Morgan fingerprint density at radius 3 is 2.90 bits per heavy atom. The first-order valence-corrected chi connectivity index (χ1v) is 7.52. The molecule has 2 rings (SSSR count). The number of hydrogen-bond donors (Lipinski definition) is 3. The number of benzene rings is 1. The maximum Gasteiger partial charge on any atom is 0.253 e. The third-order valence-corrected chi connectivity index (χ3v) is 4.27. The summed E-state index contributed by atoms with van der Waals surface area (Å²) in [7, 11) is 0. The number of hydrazine groups is 1. The number of carbonyl (C=O) groups excluding carboxylic acids is 1. The second-order valence-corrected chi connectivity index (χ2v) is 5.80. The van der Waals surface area contributed by atoms with Gasteiger partial charge in [-0.05, 0) is 37.8 Å². The summed E-state index contributed by atoms with van der Waals surface area (Å²) in [4.78, 5) is 12.4. The first kappa shape index (κ1) is 14.9. The number of nitrogens with two attached hydrogens (primary N) is 1. The Kier molecular flexibility index (Phi) is 5.01. The third-order valence-electron chi connectivity index (χ3n) is 4.27. The van der Waals surface area contributed by atoms with Crippen molar-refractivity contribution in [2.45, 2.75) is 52.0 Å². The van der Waals surface area contributed by atoms with E-state index < -0.39 is 0 Å². The molecule has 0 aliphatic heterocycles. The van der Waals surface area contributed by atoms with E-state index in [9.17, 15) is 4.79 Å². The monoisotopic (exact) mass is 275 g/mol. The molecule has 0 saturated heterocycles. The van der Waals surface area contributed by atoms with Crippen LogP contribution in [0.5, 0.6) is 0 Å². The van der Waals surface area contributed by atoms with E-state index in [4.69, 9.17) is 5.84 Å². The van der Waals surface area contributed by atoms with E-state index in [-0.39, 0.29) is 5.91 Å². The second-order valence-electron chi connectivity index (χ2n) is 5.80. The molecule has 1 saturated carbocycles. The number of rotatable bonds is 4. The van der Waals surface area contributed by atoms with E-state index in [1.807, 2.05) is 25.1 Å². The Morgan fingerprint density at radius 1 is 1.40 bits per heavy atom. The van der Waals surface area contributed by atoms with E-state index in [2.05, 4.69) is 17.7 Å². The smallest absolute Gasteiger partial charge is 0.253 e. The standard InChI is InChI=1S/C16H25N3O/c1-3-12-5-4-6-13(10-12)18-16(20)14-9-11(2)7-8-15(14)19-17/h7-9,12-13,19H,3-6,10,17H2,1-2H3,(H,18,20). The average Bonchev–Trinajstić information content (AvgIpc) is 2.47. The highest BCUT2D eigenvalue weighted by Crippen LogP contribution is 2.27. The lowest BCUT2D eigenvalue weighted by atomic mass is 9.84. The van der Waals surface area contributed by atoms with Gasteiger partial charge >= 0.3 is 0 Å². The summed E-state index contributed by atoms with van der Waals surface area (Å²) in [5.41, 5.74) is 4.97. The van der Waals surface area contributed by atoms with Crippen molar-refractivity contribution in [2.75, 3.05) is 5.43 Å². The molecule has 4 N–H and O–H groups in total. The Bertz CT molecular complexity index is 473. The molecule has 4 heteroatoms. The van der Waals surface area contributed by atoms with Crippen molar-refractivity contribution in [3.05, 3.63) is 29.3 Å². The van der Waals surface area contributed by atoms with Crippen LogP contribution in [0.25, 0.3) is 0 Å². The number of anilines is 1. The number of nitrogens with one attached hydrogen (secondary N) is 2. The predicted molar refractivity (Wildman–Crippen MR) is 82.5 cm³/mol. The quantitative estimate of drug-likeness (QED) is 0.584. The number of carbonyl (C=O) groups is 1. The van der Waals surface area contributed by atoms with Crippen molar-refractivity contribution in [3.8, 4) is 0 Å². The number of amides is 1. The lowest BCUT2D eigenvalue weighted by Crippen LogP contribution is -2.38. The van der Waals surface area contributed by atoms with Gasteiger partial charge in [-0.2, -0.15) is 0 Å². The van der Waals surface area contributed by atoms with E-state index >= 15 is 0 Å². The van der Waals surface area contributed by atoms with Crippen molar-refractivity contribution in [1.82, 2.24) is 5.32 Å². The first-order chi connectivity index (χ1) is 9.63. The molecule has 1 aromatic carbocycles. The average molecular weight is 275 g/mol. The van der Waals surface area contributed by atoms with Crippen LogP contribution < -0.4 is 16.6 Å². The van der Waals surface area contributed by atoms with Crippen LogP contribution in [-0.4, -0.2) is 11.9 Å². The van der Waals surface area contributed by atoms with E-state index in [1.165, 1.54) is 19.3 Å². The lowest BCUT2D eigenvalue weighted by Gasteiger charge is -2.29. The summed E-state index contributed by atoms with van der Waals surface area (Å²) in [6.07, 6.45) is 5.88. The Labute approximate surface area is 121 Å². The maximum atomic E-state index is 12.4. The van der Waals surface area contributed by atoms with Gasteiger partial charge in [0.15, 0.2) is 0 Å². The highest BCUT2D eigenvalue weighted by Gasteiger charge is 2.23. The largest absolute Gasteiger partial charge is 0.349 e. The van der Waals surface area contributed by atoms with Crippen molar-refractivity contribution in [3.63, 3.8) is 0 Å². The van der Waals surface area contributed by atoms with Crippen molar-refractivity contribution >= 4 is 11.6 Å². The number of nitrogen functional groups attached to an aromatic ring is 1. The summed E-state index contributed by atoms with van der Waals surface area (Å²) in [6, 6.07) is 5.97. The summed E-state index contributed by atoms with van der Waals surface area (Å²) >= 11 is 0. The molecule has 0 spiro atoms. The summed E-state index contributed by atoms with van der Waals surface area (Å²) in [6.45, 7) is 4.21. The zero-order valence-corrected chi connectivity index (χ0v) is 12.4. The molecule has 0 aromatic heterocycles. The highest BCUT2D eigenvalue weighted by molar-refractivity contribution is 5.99. The molecule has 0 heterocycles. The third kappa shape index (κ3) is 3.51. The summed E-state index contributed by atoms with van der Waals surface area (Å²) in [5, 5.41) is 3.17. The van der Waals surface area contributed by atoms with Gasteiger partial charge in [0.2, 0.25) is 0 Å². The SMILES string of the molecule is CCC1CCCC(NC(=O)c2cc(C)ccc2NN)C1. The molecule has 0 bridgehead atoms. The van der Waals surface area contributed by atoms with Crippen LogP contribution >= 0.6 is 0 Å². The zero-order valence-electron chi connectivity index (χ0n) is 12.4. The van der Waals surface area contributed by atoms with Gasteiger partial charge in [-0.3, -0.25) is 10.6 Å². The van der Waals surface area contributed by atoms with Crippen LogP contribution in [0.2, 0.25) is 0 Å². The summed E-state index contributed by atoms with van der Waals surface area (Å²) in [5.74, 6) is 6.21. The van der Waals surface area contributed by atoms with Crippen LogP contribution in [0.3, 0.4) is 0 Å². The normalized spacial score (nSPS) is 22.4. The fourth-order valence-corrected chi connectivity index (χ4v) is 3.03. The van der Waals surface area contributed by atoms with Crippen LogP contribution in [0.4, 0.5) is 5.69 Å². The number of hydrogen-bond acceptors (Lipinski definition) is 3. The van der Waals surface area contributed by atoms with Crippen LogP contribution in [0.15, 0.2) is 18.2 Å². The molecule has 1 fully saturated rings. The Balaban J connectivity index is 2.06. The van der Waals surface area contributed by atoms with E-state index in [1.54, 1.807) is 0 Å². The van der Waals surface area contributed by atoms with Gasteiger partial charge in [0.25, 0.3) is 5.91 Å². The van der Waals surface area contributed by atoms with Gasteiger partial charge in [0.1, 0.15) is 0 Å². The molecule has 20 heavy (non-hydrogen) atoms. The topological polar surface area (TPSA) is 67.2 Å². The van der Waals surface area contributed by atoms with E-state index in [0.717, 1.165) is 24.3 Å². The van der Waals surface area contributed by atoms with Crippen molar-refractivity contribution < 1.29 is 4.79 Å². The van der Waals surface area contributed by atoms with Crippen LogP contribution in [-0.2, 0) is 0 Å². The lowest BCUT2D eigenvalue weighted by molar-refractivity contribution is 0.0920. The van der Waals surface area contributed by atoms with Gasteiger partial charge in [0.05, 0.1) is 11.3 Å². The van der Waals surface area contributed by atoms with Crippen LogP contribution in [0.1, 0.15) is 54.9 Å². The van der Waals surface area contributed by atoms with Crippen molar-refractivity contribution in [2.24, 2.45) is 11.8 Å². The molecule has 2 unspecified atom stereocenters. The van der Waals surface area contributed by atoms with Crippen LogP contribution in [0, 0.1) is 12.8 Å².